The predicted octanol–water partition coefficient (Wildman–Crippen LogP) is 3.75. The van der Waals surface area contributed by atoms with Crippen LogP contribution in [-0.2, 0) is 9.53 Å². The SMILES string of the molecule is CCOC(=O)c1cc(C#N)c(SCC(=O)N(C)[C@@H](C)c2ccccc2)nc1C. The van der Waals surface area contributed by atoms with Gasteiger partial charge < -0.3 is 9.64 Å². The molecule has 1 amide bonds. The van der Waals surface area contributed by atoms with Crippen LogP contribution in [0, 0.1) is 18.3 Å². The molecular weight excluding hydrogens is 374 g/mol. The number of hydrogen-bond donors (Lipinski definition) is 0. The summed E-state index contributed by atoms with van der Waals surface area (Å²) in [6.07, 6.45) is 0. The Morgan fingerprint density at radius 3 is 2.61 bits per heavy atom. The highest BCUT2D eigenvalue weighted by atomic mass is 32.2. The van der Waals surface area contributed by atoms with Crippen LogP contribution in [0.2, 0.25) is 0 Å². The topological polar surface area (TPSA) is 83.3 Å². The highest BCUT2D eigenvalue weighted by Gasteiger charge is 2.20. The van der Waals surface area contributed by atoms with Crippen molar-refractivity contribution in [3.8, 4) is 6.07 Å². The molecule has 1 aromatic heterocycles. The molecule has 1 heterocycles. The molecule has 0 fully saturated rings. The molecule has 28 heavy (non-hydrogen) atoms. The molecule has 0 radical (unpaired) electrons. The normalized spacial score (nSPS) is 11.4. The maximum atomic E-state index is 12.6. The highest BCUT2D eigenvalue weighted by Crippen LogP contribution is 2.25. The summed E-state index contributed by atoms with van der Waals surface area (Å²) in [6.45, 7) is 5.61. The molecule has 0 N–H and O–H groups in total. The van der Waals surface area contributed by atoms with E-state index in [1.165, 1.54) is 17.8 Å². The van der Waals surface area contributed by atoms with Crippen molar-refractivity contribution in [3.05, 3.63) is 58.8 Å². The van der Waals surface area contributed by atoms with Crippen molar-refractivity contribution in [3.63, 3.8) is 0 Å². The number of pyridine rings is 1. The predicted molar refractivity (Wildman–Crippen MR) is 108 cm³/mol. The summed E-state index contributed by atoms with van der Waals surface area (Å²) in [4.78, 5) is 30.6. The van der Waals surface area contributed by atoms with E-state index < -0.39 is 5.97 Å². The lowest BCUT2D eigenvalue weighted by Crippen LogP contribution is -2.31. The van der Waals surface area contributed by atoms with Crippen molar-refractivity contribution in [2.45, 2.75) is 31.8 Å². The number of aromatic nitrogens is 1. The number of esters is 1. The maximum Gasteiger partial charge on any atom is 0.340 e. The second kappa shape index (κ2) is 9.90. The Bertz CT molecular complexity index is 894. The minimum absolute atomic E-state index is 0.0642. The molecule has 0 unspecified atom stereocenters. The van der Waals surface area contributed by atoms with Crippen LogP contribution in [0.1, 0.15) is 47.1 Å². The average molecular weight is 398 g/mol. The molecule has 0 aliphatic rings. The van der Waals surface area contributed by atoms with Crippen molar-refractivity contribution in [1.82, 2.24) is 9.88 Å². The monoisotopic (exact) mass is 397 g/mol. The number of benzene rings is 1. The van der Waals surface area contributed by atoms with E-state index in [0.717, 1.165) is 5.56 Å². The Morgan fingerprint density at radius 2 is 2.00 bits per heavy atom. The first-order valence-electron chi connectivity index (χ1n) is 8.91. The molecule has 2 rings (SSSR count). The summed E-state index contributed by atoms with van der Waals surface area (Å²) in [7, 11) is 1.76. The van der Waals surface area contributed by atoms with E-state index in [1.54, 1.807) is 25.8 Å². The van der Waals surface area contributed by atoms with Crippen molar-refractivity contribution in [2.75, 3.05) is 19.4 Å². The Labute approximate surface area is 169 Å². The molecule has 0 aliphatic heterocycles. The van der Waals surface area contributed by atoms with Crippen LogP contribution >= 0.6 is 11.8 Å². The smallest absolute Gasteiger partial charge is 0.340 e. The number of ether oxygens (including phenoxy) is 1. The lowest BCUT2D eigenvalue weighted by molar-refractivity contribution is -0.128. The number of amides is 1. The number of aryl methyl sites for hydroxylation is 1. The van der Waals surface area contributed by atoms with Crippen LogP contribution in [0.5, 0.6) is 0 Å². The Balaban J connectivity index is 2.11. The first-order valence-corrected chi connectivity index (χ1v) is 9.89. The first-order chi connectivity index (χ1) is 13.4. The van der Waals surface area contributed by atoms with Gasteiger partial charge in [-0.05, 0) is 32.4 Å². The van der Waals surface area contributed by atoms with Gasteiger partial charge in [0.15, 0.2) is 0 Å². The molecule has 0 bridgehead atoms. The van der Waals surface area contributed by atoms with Gasteiger partial charge in [-0.25, -0.2) is 9.78 Å². The van der Waals surface area contributed by atoms with Crippen LogP contribution < -0.4 is 0 Å². The van der Waals surface area contributed by atoms with Crippen LogP contribution in [0.4, 0.5) is 0 Å². The van der Waals surface area contributed by atoms with Crippen molar-refractivity contribution in [2.24, 2.45) is 0 Å². The second-order valence-electron chi connectivity index (χ2n) is 6.19. The maximum absolute atomic E-state index is 12.6. The molecule has 0 saturated carbocycles. The van der Waals surface area contributed by atoms with E-state index in [2.05, 4.69) is 4.98 Å². The zero-order valence-electron chi connectivity index (χ0n) is 16.4. The van der Waals surface area contributed by atoms with E-state index in [1.807, 2.05) is 43.3 Å². The molecule has 0 saturated heterocycles. The molecule has 0 aliphatic carbocycles. The Hall–Kier alpha value is -2.85. The van der Waals surface area contributed by atoms with E-state index in [9.17, 15) is 14.9 Å². The third-order valence-electron chi connectivity index (χ3n) is 4.38. The lowest BCUT2D eigenvalue weighted by Gasteiger charge is -2.25. The average Bonchev–Trinajstić information content (AvgIpc) is 2.71. The molecule has 6 nitrogen and oxygen atoms in total. The Morgan fingerprint density at radius 1 is 1.32 bits per heavy atom. The third-order valence-corrected chi connectivity index (χ3v) is 5.36. The van der Waals surface area contributed by atoms with Gasteiger partial charge in [-0.2, -0.15) is 5.26 Å². The lowest BCUT2D eigenvalue weighted by atomic mass is 10.1. The summed E-state index contributed by atoms with van der Waals surface area (Å²) >= 11 is 1.19. The van der Waals surface area contributed by atoms with Crippen LogP contribution in [0.25, 0.3) is 0 Å². The van der Waals surface area contributed by atoms with Crippen molar-refractivity contribution in [1.29, 1.82) is 5.26 Å². The van der Waals surface area contributed by atoms with Gasteiger partial charge in [0.05, 0.1) is 35.2 Å². The van der Waals surface area contributed by atoms with E-state index >= 15 is 0 Å². The molecule has 1 atom stereocenters. The number of nitriles is 1. The highest BCUT2D eigenvalue weighted by molar-refractivity contribution is 8.00. The fourth-order valence-corrected chi connectivity index (χ4v) is 3.52. The minimum atomic E-state index is -0.506. The number of carbonyl (C=O) groups excluding carboxylic acids is 2. The van der Waals surface area contributed by atoms with Crippen molar-refractivity contribution >= 4 is 23.6 Å². The summed E-state index contributed by atoms with van der Waals surface area (Å²) in [5.41, 5.74) is 2.04. The number of thioether (sulfide) groups is 1. The second-order valence-corrected chi connectivity index (χ2v) is 7.15. The molecule has 7 heteroatoms. The van der Waals surface area contributed by atoms with Gasteiger partial charge in [0.2, 0.25) is 5.91 Å². The number of rotatable bonds is 7. The molecule has 1 aromatic carbocycles. The van der Waals surface area contributed by atoms with Gasteiger partial charge in [0.25, 0.3) is 0 Å². The zero-order chi connectivity index (χ0) is 20.7. The summed E-state index contributed by atoms with van der Waals surface area (Å²) in [5, 5.41) is 9.84. The zero-order valence-corrected chi connectivity index (χ0v) is 17.2. The first kappa shape index (κ1) is 21.5. The van der Waals surface area contributed by atoms with Gasteiger partial charge >= 0.3 is 5.97 Å². The molecule has 146 valence electrons. The fourth-order valence-electron chi connectivity index (χ4n) is 2.59. The third kappa shape index (κ3) is 5.11. The summed E-state index contributed by atoms with van der Waals surface area (Å²) in [6, 6.07) is 13.2. The molecule has 0 spiro atoms. The largest absolute Gasteiger partial charge is 0.462 e. The van der Waals surface area contributed by atoms with Gasteiger partial charge in [-0.1, -0.05) is 42.1 Å². The number of carbonyl (C=O) groups is 2. The molecule has 2 aromatic rings. The van der Waals surface area contributed by atoms with E-state index in [0.29, 0.717) is 10.7 Å². The minimum Gasteiger partial charge on any atom is -0.462 e. The fraction of sp³-hybridized carbons (Fsp3) is 0.333. The Kier molecular flexibility index (Phi) is 7.59. The van der Waals surface area contributed by atoms with E-state index in [4.69, 9.17) is 4.74 Å². The number of hydrogen-bond acceptors (Lipinski definition) is 6. The van der Waals surface area contributed by atoms with Crippen LogP contribution in [-0.4, -0.2) is 41.2 Å². The standard InChI is InChI=1S/C21H23N3O3S/c1-5-27-21(26)18-11-17(12-22)20(23-14(18)2)28-13-19(25)24(4)15(3)16-9-7-6-8-10-16/h6-11,15H,5,13H2,1-4H3/t15-/m0/s1. The van der Waals surface area contributed by atoms with Gasteiger partial charge in [-0.3, -0.25) is 4.79 Å². The van der Waals surface area contributed by atoms with E-state index in [-0.39, 0.29) is 35.4 Å². The van der Waals surface area contributed by atoms with Crippen molar-refractivity contribution < 1.29 is 14.3 Å². The summed E-state index contributed by atoms with van der Waals surface area (Å²) in [5.74, 6) is -0.430. The quantitative estimate of drug-likeness (QED) is 0.523. The number of nitrogens with zero attached hydrogens (tertiary/aromatic N) is 3. The molecular formula is C21H23N3O3S. The van der Waals surface area contributed by atoms with Gasteiger partial charge in [0, 0.05) is 7.05 Å². The van der Waals surface area contributed by atoms with Gasteiger partial charge in [0.1, 0.15) is 11.1 Å². The summed E-state index contributed by atoms with van der Waals surface area (Å²) < 4.78 is 4.99. The van der Waals surface area contributed by atoms with Crippen LogP contribution in [0.15, 0.2) is 41.4 Å². The van der Waals surface area contributed by atoms with Crippen LogP contribution in [0.3, 0.4) is 0 Å². The van der Waals surface area contributed by atoms with Gasteiger partial charge in [-0.15, -0.1) is 0 Å².